The largest absolute Gasteiger partial charge is 0.504 e. The van der Waals surface area contributed by atoms with Gasteiger partial charge in [-0.1, -0.05) is 0 Å². The van der Waals surface area contributed by atoms with Gasteiger partial charge in [-0.05, 0) is 59.8 Å². The summed E-state index contributed by atoms with van der Waals surface area (Å²) in [6.07, 6.45) is 1.84. The molecule has 0 saturated heterocycles. The van der Waals surface area contributed by atoms with E-state index in [1.807, 2.05) is 12.1 Å². The van der Waals surface area contributed by atoms with Gasteiger partial charge in [-0.2, -0.15) is 0 Å². The van der Waals surface area contributed by atoms with Gasteiger partial charge in [-0.25, -0.2) is 0 Å². The minimum atomic E-state index is 0. The zero-order valence-electron chi connectivity index (χ0n) is 13.2. The quantitative estimate of drug-likeness (QED) is 0.830. The fourth-order valence-electron chi connectivity index (χ4n) is 4.04. The van der Waals surface area contributed by atoms with Crippen molar-refractivity contribution < 1.29 is 19.3 Å². The van der Waals surface area contributed by atoms with Crippen molar-refractivity contribution in [3.05, 3.63) is 34.9 Å². The van der Waals surface area contributed by atoms with Gasteiger partial charge in [-0.15, -0.1) is 12.4 Å². The molecule has 2 heterocycles. The molecule has 0 spiro atoms. The highest BCUT2D eigenvalue weighted by molar-refractivity contribution is 5.86. The maximum absolute atomic E-state index is 10.1. The molecule has 5 nitrogen and oxygen atoms in total. The lowest BCUT2D eigenvalue weighted by Crippen LogP contribution is -2.33. The molecule has 2 aromatic rings. The van der Waals surface area contributed by atoms with E-state index in [0.717, 1.165) is 47.6 Å². The van der Waals surface area contributed by atoms with E-state index < -0.39 is 0 Å². The van der Waals surface area contributed by atoms with E-state index in [2.05, 4.69) is 11.4 Å². The van der Waals surface area contributed by atoms with Crippen LogP contribution in [-0.2, 0) is 12.8 Å². The highest BCUT2D eigenvalue weighted by Crippen LogP contribution is 2.53. The molecular weight excluding hydrogens is 330 g/mol. The van der Waals surface area contributed by atoms with Gasteiger partial charge in [0.1, 0.15) is 0 Å². The van der Waals surface area contributed by atoms with Crippen LogP contribution in [0.2, 0.25) is 0 Å². The van der Waals surface area contributed by atoms with Crippen molar-refractivity contribution >= 4 is 12.4 Å². The Kier molecular flexibility index (Phi) is 3.51. The van der Waals surface area contributed by atoms with Crippen molar-refractivity contribution in [2.24, 2.45) is 0 Å². The van der Waals surface area contributed by atoms with E-state index in [9.17, 15) is 5.11 Å². The molecule has 0 saturated carbocycles. The van der Waals surface area contributed by atoms with Crippen LogP contribution in [0.5, 0.6) is 23.0 Å². The highest BCUT2D eigenvalue weighted by Gasteiger charge is 2.35. The molecule has 3 aliphatic rings. The molecule has 2 aliphatic heterocycles. The fourth-order valence-corrected chi connectivity index (χ4v) is 4.04. The number of hydrogen-bond donors (Lipinski definition) is 2. The van der Waals surface area contributed by atoms with Crippen molar-refractivity contribution in [2.75, 3.05) is 20.4 Å². The molecule has 1 aliphatic carbocycles. The predicted molar refractivity (Wildman–Crippen MR) is 91.6 cm³/mol. The smallest absolute Gasteiger partial charge is 0.231 e. The average Bonchev–Trinajstić information content (AvgIpc) is 3.02. The molecule has 2 aromatic carbocycles. The molecule has 0 fully saturated rings. The number of ether oxygens (including phenoxy) is 3. The second-order valence-electron chi connectivity index (χ2n) is 6.20. The minimum absolute atomic E-state index is 0. The van der Waals surface area contributed by atoms with Crippen molar-refractivity contribution in [1.29, 1.82) is 0 Å². The summed E-state index contributed by atoms with van der Waals surface area (Å²) in [4.78, 5) is 0. The summed E-state index contributed by atoms with van der Waals surface area (Å²) in [6, 6.07) is 6.09. The second kappa shape index (κ2) is 5.46. The van der Waals surface area contributed by atoms with Crippen LogP contribution in [0.15, 0.2) is 18.2 Å². The lowest BCUT2D eigenvalue weighted by molar-refractivity contribution is 0.174. The summed E-state index contributed by atoms with van der Waals surface area (Å²) in [5.41, 5.74) is 5.89. The van der Waals surface area contributed by atoms with Gasteiger partial charge in [0.15, 0.2) is 23.0 Å². The van der Waals surface area contributed by atoms with Gasteiger partial charge in [-0.3, -0.25) is 0 Å². The minimum Gasteiger partial charge on any atom is -0.504 e. The third-order valence-corrected chi connectivity index (χ3v) is 5.02. The Balaban J connectivity index is 0.00000146. The molecule has 0 amide bonds. The first-order valence-electron chi connectivity index (χ1n) is 7.85. The summed E-state index contributed by atoms with van der Waals surface area (Å²) >= 11 is 0. The number of benzene rings is 2. The molecular formula is C18H18ClNO4. The van der Waals surface area contributed by atoms with Crippen LogP contribution in [0.25, 0.3) is 11.1 Å². The number of hydrogen-bond acceptors (Lipinski definition) is 5. The standard InChI is InChI=1S/C18H17NO4.ClH/c1-21-14-7-11-10(5-13(14)20)4-12-16-9(2-3-19-12)6-15-18(17(11)16)23-8-22-15;/h5-7,12,19-20H,2-4,8H2,1H3;1H/t12-;/m0./s1. The molecule has 0 aromatic heterocycles. The van der Waals surface area contributed by atoms with Crippen LogP contribution < -0.4 is 19.5 Å². The van der Waals surface area contributed by atoms with Crippen LogP contribution in [0.3, 0.4) is 0 Å². The number of phenols is 1. The van der Waals surface area contributed by atoms with Crippen LogP contribution in [0.4, 0.5) is 0 Å². The normalized spacial score (nSPS) is 19.1. The summed E-state index contributed by atoms with van der Waals surface area (Å²) in [5, 5.41) is 13.7. The maximum atomic E-state index is 10.1. The Morgan fingerprint density at radius 2 is 2.08 bits per heavy atom. The molecule has 0 unspecified atom stereocenters. The zero-order valence-corrected chi connectivity index (χ0v) is 14.0. The van der Waals surface area contributed by atoms with Crippen molar-refractivity contribution in [2.45, 2.75) is 18.9 Å². The van der Waals surface area contributed by atoms with E-state index in [-0.39, 0.29) is 31.0 Å². The summed E-state index contributed by atoms with van der Waals surface area (Å²) in [5.74, 6) is 2.29. The molecule has 2 N–H and O–H groups in total. The summed E-state index contributed by atoms with van der Waals surface area (Å²) in [6.45, 7) is 1.21. The van der Waals surface area contributed by atoms with Gasteiger partial charge in [0, 0.05) is 11.6 Å². The van der Waals surface area contributed by atoms with Gasteiger partial charge >= 0.3 is 0 Å². The predicted octanol–water partition coefficient (Wildman–Crippen LogP) is 2.96. The second-order valence-corrected chi connectivity index (χ2v) is 6.20. The number of nitrogens with one attached hydrogen (secondary N) is 1. The van der Waals surface area contributed by atoms with E-state index in [1.54, 1.807) is 7.11 Å². The van der Waals surface area contributed by atoms with Crippen LogP contribution in [-0.4, -0.2) is 25.6 Å². The van der Waals surface area contributed by atoms with Gasteiger partial charge < -0.3 is 24.6 Å². The average molecular weight is 348 g/mol. The van der Waals surface area contributed by atoms with Crippen LogP contribution in [0.1, 0.15) is 22.7 Å². The third kappa shape index (κ3) is 1.98. The molecule has 6 heteroatoms. The Hall–Kier alpha value is -2.11. The fraction of sp³-hybridized carbons (Fsp3) is 0.333. The van der Waals surface area contributed by atoms with Crippen molar-refractivity contribution in [3.8, 4) is 34.1 Å². The first-order chi connectivity index (χ1) is 11.3. The first kappa shape index (κ1) is 15.4. The SMILES string of the molecule is COc1cc2c(cc1O)C[C@@H]1NCCc3cc4c(c-2c31)OCO4.Cl. The van der Waals surface area contributed by atoms with Crippen LogP contribution >= 0.6 is 12.4 Å². The number of rotatable bonds is 1. The highest BCUT2D eigenvalue weighted by atomic mass is 35.5. The van der Waals surface area contributed by atoms with Crippen LogP contribution in [0, 0.1) is 0 Å². The lowest BCUT2D eigenvalue weighted by Gasteiger charge is -2.35. The van der Waals surface area contributed by atoms with E-state index in [4.69, 9.17) is 14.2 Å². The number of fused-ring (bicyclic) bond motifs is 4. The number of phenolic OH excluding ortho intramolecular Hbond substituents is 1. The molecule has 1 atom stereocenters. The molecule has 0 radical (unpaired) electrons. The Morgan fingerprint density at radius 3 is 2.92 bits per heavy atom. The van der Waals surface area contributed by atoms with E-state index >= 15 is 0 Å². The Labute approximate surface area is 145 Å². The van der Waals surface area contributed by atoms with E-state index in [1.165, 1.54) is 11.1 Å². The molecule has 24 heavy (non-hydrogen) atoms. The number of aromatic hydroxyl groups is 1. The Bertz CT molecular complexity index is 836. The van der Waals surface area contributed by atoms with Crippen molar-refractivity contribution in [1.82, 2.24) is 5.32 Å². The zero-order chi connectivity index (χ0) is 15.6. The van der Waals surface area contributed by atoms with Gasteiger partial charge in [0.05, 0.1) is 7.11 Å². The molecule has 5 rings (SSSR count). The van der Waals surface area contributed by atoms with E-state index in [0.29, 0.717) is 5.75 Å². The van der Waals surface area contributed by atoms with Gasteiger partial charge in [0.2, 0.25) is 6.79 Å². The Morgan fingerprint density at radius 1 is 1.21 bits per heavy atom. The monoisotopic (exact) mass is 347 g/mol. The first-order valence-corrected chi connectivity index (χ1v) is 7.85. The topological polar surface area (TPSA) is 60.0 Å². The molecule has 0 bridgehead atoms. The third-order valence-electron chi connectivity index (χ3n) is 5.02. The van der Waals surface area contributed by atoms with Gasteiger partial charge in [0.25, 0.3) is 0 Å². The maximum Gasteiger partial charge on any atom is 0.231 e. The number of halogens is 1. The van der Waals surface area contributed by atoms with Crippen molar-refractivity contribution in [3.63, 3.8) is 0 Å². The number of methoxy groups -OCH3 is 1. The lowest BCUT2D eigenvalue weighted by atomic mass is 9.77. The molecule has 126 valence electrons. The summed E-state index contributed by atoms with van der Waals surface area (Å²) in [7, 11) is 1.57. The summed E-state index contributed by atoms with van der Waals surface area (Å²) < 4.78 is 16.7.